The minimum Gasteiger partial charge on any atom is -0.507 e. The third-order valence-corrected chi connectivity index (χ3v) is 5.34. The quantitative estimate of drug-likeness (QED) is 0.677. The molecule has 2 heterocycles. The van der Waals surface area contributed by atoms with Gasteiger partial charge in [-0.1, -0.05) is 0 Å². The summed E-state index contributed by atoms with van der Waals surface area (Å²) in [4.78, 5) is 4.47. The van der Waals surface area contributed by atoms with Gasteiger partial charge in [-0.3, -0.25) is 0 Å². The van der Waals surface area contributed by atoms with Crippen LogP contribution in [0.5, 0.6) is 5.75 Å². The van der Waals surface area contributed by atoms with Gasteiger partial charge in [-0.2, -0.15) is 0 Å². The molecule has 124 valence electrons. The number of nitrogens with zero attached hydrogens (tertiary/aromatic N) is 3. The molecular weight excluding hydrogens is 324 g/mol. The lowest BCUT2D eigenvalue weighted by Gasteiger charge is -2.13. The minimum absolute atomic E-state index is 0.183. The van der Waals surface area contributed by atoms with E-state index in [2.05, 4.69) is 20.5 Å². The number of nitrogens with one attached hydrogen (secondary N) is 1. The first-order chi connectivity index (χ1) is 11.6. The molecule has 7 heteroatoms. The Morgan fingerprint density at radius 1 is 1.21 bits per heavy atom. The van der Waals surface area contributed by atoms with Crippen molar-refractivity contribution in [1.82, 2.24) is 15.2 Å². The highest BCUT2D eigenvalue weighted by molar-refractivity contribution is 7.17. The molecule has 3 aromatic rings. The maximum absolute atomic E-state index is 10.5. The monoisotopic (exact) mass is 342 g/mol. The summed E-state index contributed by atoms with van der Waals surface area (Å²) >= 11 is 1.59. The first-order valence-corrected chi connectivity index (χ1v) is 8.85. The first-order valence-electron chi connectivity index (χ1n) is 7.97. The summed E-state index contributed by atoms with van der Waals surface area (Å²) in [5, 5.41) is 34.5. The summed E-state index contributed by atoms with van der Waals surface area (Å²) < 4.78 is 1.04. The zero-order chi connectivity index (χ0) is 16.7. The zero-order valence-electron chi connectivity index (χ0n) is 13.2. The predicted octanol–water partition coefficient (Wildman–Crippen LogP) is 3.09. The van der Waals surface area contributed by atoms with Crippen molar-refractivity contribution in [3.05, 3.63) is 29.3 Å². The molecule has 6 nitrogen and oxygen atoms in total. The van der Waals surface area contributed by atoms with E-state index in [9.17, 15) is 10.2 Å². The number of benzene rings is 1. The lowest BCUT2D eigenvalue weighted by molar-refractivity contribution is 0.182. The number of rotatable bonds is 3. The minimum atomic E-state index is -0.245. The summed E-state index contributed by atoms with van der Waals surface area (Å²) in [5.74, 6) is 0.680. The van der Waals surface area contributed by atoms with E-state index >= 15 is 0 Å². The third-order valence-electron chi connectivity index (χ3n) is 4.46. The van der Waals surface area contributed by atoms with Crippen molar-refractivity contribution in [2.75, 3.05) is 5.32 Å². The fourth-order valence-electron chi connectivity index (χ4n) is 3.20. The van der Waals surface area contributed by atoms with Crippen LogP contribution in [0.15, 0.2) is 23.6 Å². The highest BCUT2D eigenvalue weighted by Crippen LogP contribution is 2.37. The lowest BCUT2D eigenvalue weighted by atomic mass is 10.1. The number of aliphatic hydroxyl groups excluding tert-OH is 1. The van der Waals surface area contributed by atoms with Gasteiger partial charge in [-0.05, 0) is 49.8 Å². The van der Waals surface area contributed by atoms with Crippen LogP contribution in [0.3, 0.4) is 0 Å². The Hall–Kier alpha value is -2.25. The number of hydrogen-bond donors (Lipinski definition) is 3. The maximum atomic E-state index is 10.5. The Kier molecular flexibility index (Phi) is 3.82. The molecule has 1 aliphatic carbocycles. The van der Waals surface area contributed by atoms with Crippen molar-refractivity contribution in [3.63, 3.8) is 0 Å². The maximum Gasteiger partial charge on any atom is 0.243 e. The Bertz CT molecular complexity index is 895. The Labute approximate surface area is 143 Å². The van der Waals surface area contributed by atoms with Crippen LogP contribution in [0.4, 0.5) is 5.95 Å². The molecule has 1 aliphatic rings. The summed E-state index contributed by atoms with van der Waals surface area (Å²) in [6.45, 7) is 1.86. The van der Waals surface area contributed by atoms with Crippen LogP contribution in [0.2, 0.25) is 0 Å². The second kappa shape index (κ2) is 5.99. The van der Waals surface area contributed by atoms with E-state index in [1.54, 1.807) is 11.3 Å². The number of phenolic OH excluding ortho intramolecular Hbond substituents is 1. The Balaban J connectivity index is 1.64. The number of hydrogen-bond acceptors (Lipinski definition) is 7. The van der Waals surface area contributed by atoms with Crippen molar-refractivity contribution in [1.29, 1.82) is 0 Å². The molecule has 24 heavy (non-hydrogen) atoms. The number of aromatic nitrogens is 3. The van der Waals surface area contributed by atoms with Crippen molar-refractivity contribution in [3.8, 4) is 17.0 Å². The second-order valence-electron chi connectivity index (χ2n) is 6.17. The van der Waals surface area contributed by atoms with Crippen LogP contribution in [0, 0.1) is 6.92 Å². The molecule has 1 aromatic carbocycles. The summed E-state index contributed by atoms with van der Waals surface area (Å²) in [7, 11) is 0. The largest absolute Gasteiger partial charge is 0.507 e. The van der Waals surface area contributed by atoms with Gasteiger partial charge in [0.05, 0.1) is 11.8 Å². The molecule has 0 radical (unpaired) electrons. The van der Waals surface area contributed by atoms with Gasteiger partial charge in [-0.25, -0.2) is 4.98 Å². The van der Waals surface area contributed by atoms with E-state index in [-0.39, 0.29) is 17.9 Å². The lowest BCUT2D eigenvalue weighted by Crippen LogP contribution is -2.19. The molecule has 2 atom stereocenters. The van der Waals surface area contributed by atoms with Crippen molar-refractivity contribution in [2.24, 2.45) is 0 Å². The molecule has 0 saturated heterocycles. The van der Waals surface area contributed by atoms with E-state index in [1.807, 2.05) is 30.5 Å². The normalized spacial score (nSPS) is 20.6. The Morgan fingerprint density at radius 2 is 2.08 bits per heavy atom. The molecule has 3 N–H and O–H groups in total. The van der Waals surface area contributed by atoms with Gasteiger partial charge < -0.3 is 15.5 Å². The zero-order valence-corrected chi connectivity index (χ0v) is 14.0. The topological polar surface area (TPSA) is 91.2 Å². The number of aromatic hydroxyl groups is 1. The molecule has 4 rings (SSSR count). The SMILES string of the molecule is Cc1nc(NC2CCC(O)C2)nnc1-c1ccc2sccc2c1O. The van der Waals surface area contributed by atoms with Gasteiger partial charge in [-0.15, -0.1) is 21.5 Å². The van der Waals surface area contributed by atoms with E-state index in [0.717, 1.165) is 22.9 Å². The molecule has 0 spiro atoms. The number of anilines is 1. The van der Waals surface area contributed by atoms with Gasteiger partial charge >= 0.3 is 0 Å². The highest BCUT2D eigenvalue weighted by atomic mass is 32.1. The van der Waals surface area contributed by atoms with E-state index in [0.29, 0.717) is 29.3 Å². The Morgan fingerprint density at radius 3 is 2.83 bits per heavy atom. The fraction of sp³-hybridized carbons (Fsp3) is 0.353. The highest BCUT2D eigenvalue weighted by Gasteiger charge is 2.23. The van der Waals surface area contributed by atoms with Gasteiger partial charge in [0.25, 0.3) is 0 Å². The average Bonchev–Trinajstić information content (AvgIpc) is 3.18. The van der Waals surface area contributed by atoms with Gasteiger partial charge in [0, 0.05) is 21.7 Å². The molecule has 1 fully saturated rings. The van der Waals surface area contributed by atoms with Crippen LogP contribution in [-0.4, -0.2) is 37.5 Å². The van der Waals surface area contributed by atoms with Crippen LogP contribution < -0.4 is 5.32 Å². The number of aryl methyl sites for hydroxylation is 1. The molecule has 2 aromatic heterocycles. The average molecular weight is 342 g/mol. The van der Waals surface area contributed by atoms with Crippen molar-refractivity contribution in [2.45, 2.75) is 38.3 Å². The van der Waals surface area contributed by atoms with Crippen LogP contribution in [-0.2, 0) is 0 Å². The van der Waals surface area contributed by atoms with Crippen LogP contribution in [0.1, 0.15) is 25.0 Å². The van der Waals surface area contributed by atoms with Crippen LogP contribution in [0.25, 0.3) is 21.3 Å². The second-order valence-corrected chi connectivity index (χ2v) is 7.12. The van der Waals surface area contributed by atoms with E-state index in [4.69, 9.17) is 0 Å². The number of fused-ring (bicyclic) bond motifs is 1. The number of thiophene rings is 1. The van der Waals surface area contributed by atoms with Crippen LogP contribution >= 0.6 is 11.3 Å². The van der Waals surface area contributed by atoms with Gasteiger partial charge in [0.2, 0.25) is 5.95 Å². The molecule has 0 bridgehead atoms. The standard InChI is InChI=1S/C17H18N4O2S/c1-9-15(13-4-5-14-12(16(13)23)6-7-24-14)20-21-17(18-9)19-10-2-3-11(22)8-10/h4-7,10-11,22-23H,2-3,8H2,1H3,(H,18,19,21). The third kappa shape index (κ3) is 2.70. The van der Waals surface area contributed by atoms with Gasteiger partial charge in [0.1, 0.15) is 11.4 Å². The molecule has 2 unspecified atom stereocenters. The summed E-state index contributed by atoms with van der Waals surface area (Å²) in [6, 6.07) is 5.91. The van der Waals surface area contributed by atoms with Crippen molar-refractivity contribution >= 4 is 27.4 Å². The number of aliphatic hydroxyl groups is 1. The number of phenols is 1. The smallest absolute Gasteiger partial charge is 0.243 e. The van der Waals surface area contributed by atoms with Crippen molar-refractivity contribution < 1.29 is 10.2 Å². The molecule has 0 aliphatic heterocycles. The molecular formula is C17H18N4O2S. The summed E-state index contributed by atoms with van der Waals surface area (Å²) in [5.41, 5.74) is 1.93. The van der Waals surface area contributed by atoms with E-state index < -0.39 is 0 Å². The van der Waals surface area contributed by atoms with E-state index in [1.165, 1.54) is 0 Å². The first kappa shape index (κ1) is 15.3. The molecule has 0 amide bonds. The molecule has 1 saturated carbocycles. The fourth-order valence-corrected chi connectivity index (χ4v) is 3.99. The van der Waals surface area contributed by atoms with Gasteiger partial charge in [0.15, 0.2) is 0 Å². The summed E-state index contributed by atoms with van der Waals surface area (Å²) in [6.07, 6.45) is 2.17. The predicted molar refractivity (Wildman–Crippen MR) is 94.3 cm³/mol.